The molecule has 1 atom stereocenters. The lowest BCUT2D eigenvalue weighted by molar-refractivity contribution is -0.384. The van der Waals surface area contributed by atoms with Crippen LogP contribution in [0.2, 0.25) is 10.0 Å². The van der Waals surface area contributed by atoms with Gasteiger partial charge in [0.2, 0.25) is 5.91 Å². The summed E-state index contributed by atoms with van der Waals surface area (Å²) in [5, 5.41) is 25.8. The molecule has 0 aliphatic rings. The fraction of sp³-hybridized carbons (Fsp3) is 0.238. The summed E-state index contributed by atoms with van der Waals surface area (Å²) in [4.78, 5) is 35.1. The largest absolute Gasteiger partial charge is 0.342 e. The number of thioether (sulfide) groups is 1. The molecule has 2 aromatic carbocycles. The Balaban J connectivity index is 1.61. The Labute approximate surface area is 209 Å². The number of non-ortho nitro benzene ring substituents is 1. The number of carbonyl (C=O) groups is 2. The highest BCUT2D eigenvalue weighted by Gasteiger charge is 2.20. The summed E-state index contributed by atoms with van der Waals surface area (Å²) in [5.41, 5.74) is 0.755. The Bertz CT molecular complexity index is 1220. The summed E-state index contributed by atoms with van der Waals surface area (Å²) in [6, 6.07) is 9.71. The monoisotopic (exact) mass is 522 g/mol. The lowest BCUT2D eigenvalue weighted by atomic mass is 10.2. The molecular weight excluding hydrogens is 503 g/mol. The van der Waals surface area contributed by atoms with Crippen LogP contribution in [-0.2, 0) is 11.3 Å². The molecule has 1 aromatic heterocycles. The van der Waals surface area contributed by atoms with Crippen molar-refractivity contribution in [2.75, 3.05) is 11.1 Å². The van der Waals surface area contributed by atoms with E-state index in [0.717, 1.165) is 0 Å². The topological polar surface area (TPSA) is 132 Å². The van der Waals surface area contributed by atoms with Gasteiger partial charge in [0.1, 0.15) is 0 Å². The first-order chi connectivity index (χ1) is 16.2. The van der Waals surface area contributed by atoms with Gasteiger partial charge < -0.3 is 15.2 Å². The van der Waals surface area contributed by atoms with Crippen LogP contribution in [0, 0.1) is 10.1 Å². The van der Waals surface area contributed by atoms with E-state index < -0.39 is 11.0 Å². The SMILES string of the molecule is CCn1c(SCC(=O)Nc2ccc([N+](=O)[O-])cc2)nnc1[C@@H](C)NC(=O)c1ccc(Cl)c(Cl)c1. The number of nitro benzene ring substituents is 1. The van der Waals surface area contributed by atoms with Crippen LogP contribution in [0.5, 0.6) is 0 Å². The first-order valence-electron chi connectivity index (χ1n) is 10.1. The molecule has 0 saturated carbocycles. The average molecular weight is 523 g/mol. The number of hydrogen-bond donors (Lipinski definition) is 2. The number of aromatic nitrogens is 3. The van der Waals surface area contributed by atoms with Gasteiger partial charge in [0.25, 0.3) is 11.6 Å². The molecule has 3 aromatic rings. The molecule has 0 fully saturated rings. The van der Waals surface area contributed by atoms with Crippen LogP contribution in [-0.4, -0.2) is 37.3 Å². The molecule has 0 aliphatic heterocycles. The summed E-state index contributed by atoms with van der Waals surface area (Å²) in [5.74, 6) is -0.0475. The van der Waals surface area contributed by atoms with Crippen LogP contribution >= 0.6 is 35.0 Å². The van der Waals surface area contributed by atoms with Gasteiger partial charge in [-0.25, -0.2) is 0 Å². The molecule has 0 radical (unpaired) electrons. The number of nitro groups is 1. The van der Waals surface area contributed by atoms with Crippen LogP contribution in [0.15, 0.2) is 47.6 Å². The van der Waals surface area contributed by atoms with E-state index in [9.17, 15) is 19.7 Å². The van der Waals surface area contributed by atoms with E-state index in [0.29, 0.717) is 33.8 Å². The molecule has 34 heavy (non-hydrogen) atoms. The van der Waals surface area contributed by atoms with Gasteiger partial charge in [0.05, 0.1) is 26.8 Å². The number of halogens is 2. The average Bonchev–Trinajstić information content (AvgIpc) is 3.23. The standard InChI is InChI=1S/C21H20Cl2N6O4S/c1-3-28-19(12(2)24-20(31)13-4-9-16(22)17(23)10-13)26-27-21(28)34-11-18(30)25-14-5-7-15(8-6-14)29(32)33/h4-10,12H,3,11H2,1-2H3,(H,24,31)(H,25,30)/t12-/m1/s1. The maximum absolute atomic E-state index is 12.6. The molecule has 3 rings (SSSR count). The van der Waals surface area contributed by atoms with E-state index in [1.807, 2.05) is 11.5 Å². The quantitative estimate of drug-likeness (QED) is 0.235. The van der Waals surface area contributed by atoms with Gasteiger partial charge >= 0.3 is 0 Å². The number of hydrogen-bond acceptors (Lipinski definition) is 7. The number of nitrogens with zero attached hydrogens (tertiary/aromatic N) is 4. The second kappa shape index (κ2) is 11.3. The van der Waals surface area contributed by atoms with Crippen molar-refractivity contribution in [1.82, 2.24) is 20.1 Å². The number of carbonyl (C=O) groups excluding carboxylic acids is 2. The summed E-state index contributed by atoms with van der Waals surface area (Å²) >= 11 is 13.1. The number of rotatable bonds is 9. The third-order valence-electron chi connectivity index (χ3n) is 4.67. The van der Waals surface area contributed by atoms with Crippen molar-refractivity contribution in [1.29, 1.82) is 0 Å². The van der Waals surface area contributed by atoms with Crippen molar-refractivity contribution >= 4 is 58.2 Å². The van der Waals surface area contributed by atoms with Crippen molar-refractivity contribution in [2.24, 2.45) is 0 Å². The van der Waals surface area contributed by atoms with E-state index in [-0.39, 0.29) is 28.3 Å². The lowest BCUT2D eigenvalue weighted by Gasteiger charge is -2.15. The Hall–Kier alpha value is -3.15. The van der Waals surface area contributed by atoms with E-state index >= 15 is 0 Å². The van der Waals surface area contributed by atoms with Crippen LogP contribution in [0.4, 0.5) is 11.4 Å². The molecule has 1 heterocycles. The maximum Gasteiger partial charge on any atom is 0.269 e. The zero-order valence-corrected chi connectivity index (χ0v) is 20.4. The molecule has 2 amide bonds. The fourth-order valence-electron chi connectivity index (χ4n) is 3.00. The maximum atomic E-state index is 12.6. The van der Waals surface area contributed by atoms with Crippen LogP contribution in [0.1, 0.15) is 36.1 Å². The van der Waals surface area contributed by atoms with Crippen molar-refractivity contribution in [3.8, 4) is 0 Å². The number of nitrogens with one attached hydrogen (secondary N) is 2. The Morgan fingerprint density at radius 2 is 1.85 bits per heavy atom. The normalized spacial score (nSPS) is 11.6. The van der Waals surface area contributed by atoms with Crippen LogP contribution in [0.25, 0.3) is 0 Å². The van der Waals surface area contributed by atoms with E-state index in [1.54, 1.807) is 19.1 Å². The van der Waals surface area contributed by atoms with Gasteiger partial charge in [-0.2, -0.15) is 0 Å². The molecule has 0 unspecified atom stereocenters. The highest BCUT2D eigenvalue weighted by Crippen LogP contribution is 2.24. The minimum atomic E-state index is -0.509. The van der Waals surface area contributed by atoms with Gasteiger partial charge in [-0.15, -0.1) is 10.2 Å². The van der Waals surface area contributed by atoms with E-state index in [1.165, 1.54) is 42.1 Å². The lowest BCUT2D eigenvalue weighted by Crippen LogP contribution is -2.28. The first kappa shape index (κ1) is 25.5. The van der Waals surface area contributed by atoms with Crippen molar-refractivity contribution < 1.29 is 14.5 Å². The smallest absolute Gasteiger partial charge is 0.269 e. The molecule has 0 spiro atoms. The number of amides is 2. The minimum Gasteiger partial charge on any atom is -0.342 e. The molecule has 0 aliphatic carbocycles. The highest BCUT2D eigenvalue weighted by atomic mass is 35.5. The molecule has 0 saturated heterocycles. The third-order valence-corrected chi connectivity index (χ3v) is 6.38. The Morgan fingerprint density at radius 3 is 2.47 bits per heavy atom. The summed E-state index contributed by atoms with van der Waals surface area (Å²) in [6.07, 6.45) is 0. The van der Waals surface area contributed by atoms with Gasteiger partial charge in [0, 0.05) is 29.9 Å². The zero-order chi connectivity index (χ0) is 24.8. The molecule has 2 N–H and O–H groups in total. The molecule has 178 valence electrons. The Morgan fingerprint density at radius 1 is 1.15 bits per heavy atom. The van der Waals surface area contributed by atoms with Crippen LogP contribution in [0.3, 0.4) is 0 Å². The predicted octanol–water partition coefficient (Wildman–Crippen LogP) is 4.73. The summed E-state index contributed by atoms with van der Waals surface area (Å²) < 4.78 is 1.81. The van der Waals surface area contributed by atoms with Crippen molar-refractivity contribution in [3.63, 3.8) is 0 Å². The predicted molar refractivity (Wildman–Crippen MR) is 130 cm³/mol. The molecule has 10 nitrogen and oxygen atoms in total. The van der Waals surface area contributed by atoms with E-state index in [4.69, 9.17) is 23.2 Å². The van der Waals surface area contributed by atoms with Crippen molar-refractivity contribution in [2.45, 2.75) is 31.6 Å². The highest BCUT2D eigenvalue weighted by molar-refractivity contribution is 7.99. The molecular formula is C21H20Cl2N6O4S. The number of anilines is 1. The Kier molecular flexibility index (Phi) is 8.48. The zero-order valence-electron chi connectivity index (χ0n) is 18.1. The molecule has 0 bridgehead atoms. The van der Waals surface area contributed by atoms with Gasteiger partial charge in [-0.1, -0.05) is 35.0 Å². The summed E-state index contributed by atoms with van der Waals surface area (Å²) in [7, 11) is 0. The fourth-order valence-corrected chi connectivity index (χ4v) is 4.11. The van der Waals surface area contributed by atoms with Gasteiger partial charge in [-0.3, -0.25) is 19.7 Å². The second-order valence-electron chi connectivity index (χ2n) is 7.05. The third kappa shape index (κ3) is 6.25. The van der Waals surface area contributed by atoms with Gasteiger partial charge in [-0.05, 0) is 44.2 Å². The van der Waals surface area contributed by atoms with E-state index in [2.05, 4.69) is 20.8 Å². The van der Waals surface area contributed by atoms with Gasteiger partial charge in [0.15, 0.2) is 11.0 Å². The first-order valence-corrected chi connectivity index (χ1v) is 11.8. The second-order valence-corrected chi connectivity index (χ2v) is 8.81. The number of benzene rings is 2. The summed E-state index contributed by atoms with van der Waals surface area (Å²) in [6.45, 7) is 4.21. The van der Waals surface area contributed by atoms with Crippen molar-refractivity contribution in [3.05, 3.63) is 74.0 Å². The van der Waals surface area contributed by atoms with Crippen LogP contribution < -0.4 is 10.6 Å². The minimum absolute atomic E-state index is 0.0547. The molecule has 13 heteroatoms.